The summed E-state index contributed by atoms with van der Waals surface area (Å²) in [5.74, 6) is -1.42. The minimum absolute atomic E-state index is 0.0278. The predicted octanol–water partition coefficient (Wildman–Crippen LogP) is 5.62. The molecule has 0 fully saturated rings. The van der Waals surface area contributed by atoms with Crippen LogP contribution in [0.3, 0.4) is 0 Å². The number of Topliss-reactive ketones (excluding diaryl/α,β-unsaturated/α-hetero) is 1. The van der Waals surface area contributed by atoms with Crippen LogP contribution in [-0.4, -0.2) is 41.6 Å². The number of rotatable bonds is 6. The highest BCUT2D eigenvalue weighted by Gasteiger charge is 2.60. The molecule has 7 rings (SSSR count). The third kappa shape index (κ3) is 7.42. The van der Waals surface area contributed by atoms with Gasteiger partial charge in [0, 0.05) is 5.56 Å². The van der Waals surface area contributed by atoms with Gasteiger partial charge in [-0.25, -0.2) is 0 Å². The zero-order valence-electron chi connectivity index (χ0n) is 25.2. The molecule has 0 bridgehead atoms. The SMILES string of the molecule is O=C1Nc2c(Cl)cccc2C1=O.O=CC1=CO[C@@]12C(=O)N(Cc1ccccc1)c1c(Cl)cccc12.O=CCC=O.OCc1ccccc1. The second-order valence-corrected chi connectivity index (χ2v) is 11.0. The van der Waals surface area contributed by atoms with E-state index in [4.69, 9.17) is 33.0 Å². The number of halogens is 2. The Hall–Kier alpha value is -5.42. The number of fused-ring (bicyclic) bond motifs is 3. The average Bonchev–Trinajstić information content (AvgIpc) is 3.54. The van der Waals surface area contributed by atoms with Gasteiger partial charge in [0.2, 0.25) is 5.60 Å². The van der Waals surface area contributed by atoms with Gasteiger partial charge in [-0.3, -0.25) is 19.2 Å². The van der Waals surface area contributed by atoms with Crippen molar-refractivity contribution in [3.63, 3.8) is 0 Å². The van der Waals surface area contributed by atoms with Gasteiger partial charge in [-0.05, 0) is 29.3 Å². The molecule has 3 aliphatic heterocycles. The van der Waals surface area contributed by atoms with E-state index in [-0.39, 0.29) is 18.9 Å². The average molecular weight is 688 g/mol. The molecule has 4 aromatic carbocycles. The third-order valence-corrected chi connectivity index (χ3v) is 7.80. The quantitative estimate of drug-likeness (QED) is 0.151. The molecule has 0 radical (unpaired) electrons. The van der Waals surface area contributed by atoms with Crippen molar-refractivity contribution in [1.29, 1.82) is 0 Å². The number of hydrogen-bond acceptors (Lipinski definition) is 8. The second-order valence-electron chi connectivity index (χ2n) is 10.2. The fraction of sp³-hybridized carbons (Fsp3) is 0.111. The molecule has 1 atom stereocenters. The molecule has 3 heterocycles. The summed E-state index contributed by atoms with van der Waals surface area (Å²) in [4.78, 5) is 66.2. The summed E-state index contributed by atoms with van der Waals surface area (Å²) < 4.78 is 5.50. The maximum atomic E-state index is 13.0. The van der Waals surface area contributed by atoms with Gasteiger partial charge < -0.3 is 29.6 Å². The molecule has 2 N–H and O–H groups in total. The highest BCUT2D eigenvalue weighted by molar-refractivity contribution is 6.53. The summed E-state index contributed by atoms with van der Waals surface area (Å²) in [6, 6.07) is 29.2. The Morgan fingerprint density at radius 3 is 1.88 bits per heavy atom. The van der Waals surface area contributed by atoms with E-state index < -0.39 is 17.3 Å². The third-order valence-electron chi connectivity index (χ3n) is 7.18. The van der Waals surface area contributed by atoms with Crippen molar-refractivity contribution >= 4 is 71.0 Å². The van der Waals surface area contributed by atoms with Gasteiger partial charge in [-0.2, -0.15) is 0 Å². The zero-order chi connectivity index (χ0) is 34.7. The summed E-state index contributed by atoms with van der Waals surface area (Å²) >= 11 is 12.1. The van der Waals surface area contributed by atoms with Crippen LogP contribution in [0.1, 0.15) is 33.5 Å². The first-order chi connectivity index (χ1) is 23.2. The molecule has 4 aromatic rings. The van der Waals surface area contributed by atoms with Gasteiger partial charge in [0.1, 0.15) is 12.6 Å². The van der Waals surface area contributed by atoms with Crippen LogP contribution < -0.4 is 10.2 Å². The maximum Gasteiger partial charge on any atom is 0.296 e. The monoisotopic (exact) mass is 686 g/mol. The number of nitrogens with zero attached hydrogens (tertiary/aromatic N) is 1. The smallest absolute Gasteiger partial charge is 0.296 e. The lowest BCUT2D eigenvalue weighted by Crippen LogP contribution is -2.47. The number of aliphatic hydroxyl groups is 1. The van der Waals surface area contributed by atoms with Crippen molar-refractivity contribution in [2.45, 2.75) is 25.2 Å². The van der Waals surface area contributed by atoms with Crippen LogP contribution >= 0.6 is 23.2 Å². The number of benzene rings is 4. The van der Waals surface area contributed by atoms with Crippen LogP contribution in [0.5, 0.6) is 0 Å². The molecule has 0 aromatic heterocycles. The number of para-hydroxylation sites is 2. The van der Waals surface area contributed by atoms with Crippen molar-refractivity contribution < 1.29 is 38.6 Å². The number of anilines is 2. The number of aldehydes is 3. The molecule has 0 aliphatic carbocycles. The Kier molecular flexibility index (Phi) is 12.1. The number of amides is 2. The number of carbonyl (C=O) groups is 6. The molecule has 48 heavy (non-hydrogen) atoms. The summed E-state index contributed by atoms with van der Waals surface area (Å²) in [6.07, 6.45) is 3.14. The van der Waals surface area contributed by atoms with Gasteiger partial charge in [0.05, 0.1) is 58.4 Å². The summed E-state index contributed by atoms with van der Waals surface area (Å²) in [7, 11) is 0. The molecule has 2 amide bonds. The first-order valence-corrected chi connectivity index (χ1v) is 15.1. The lowest BCUT2D eigenvalue weighted by Gasteiger charge is -2.34. The van der Waals surface area contributed by atoms with Gasteiger partial charge in [-0.1, -0.05) is 102 Å². The van der Waals surface area contributed by atoms with E-state index in [0.717, 1.165) is 11.1 Å². The van der Waals surface area contributed by atoms with Crippen LogP contribution in [0, 0.1) is 0 Å². The minimum atomic E-state index is -1.34. The standard InChI is InChI=1S/C18H12ClNO3.C8H4ClNO2.C7H8O.C3H4O2/c19-15-8-4-7-14-16(15)20(9-12-5-2-1-3-6-12)17(22)18(14)13(10-21)11-23-18;9-5-3-1-2-4-6(5)10-8(12)7(4)11;8-6-7-4-2-1-3-5-7;4-2-1-3-5/h1-8,10-11H,9H2;1-3H,(H,10,11,12);1-5,8H,6H2;2-3H,1H2/t18-;;;/m0.../s1. The topological polar surface area (TPSA) is 147 Å². The first kappa shape index (κ1) is 35.4. The highest BCUT2D eigenvalue weighted by atomic mass is 35.5. The molecular formula is C36H28Cl2N2O8. The Morgan fingerprint density at radius 1 is 0.771 bits per heavy atom. The van der Waals surface area contributed by atoms with Crippen molar-refractivity contribution in [2.24, 2.45) is 0 Å². The fourth-order valence-electron chi connectivity index (χ4n) is 4.90. The van der Waals surface area contributed by atoms with Gasteiger partial charge in [0.25, 0.3) is 17.6 Å². The Bertz CT molecular complexity index is 1860. The molecule has 0 saturated heterocycles. The van der Waals surface area contributed by atoms with Crippen LogP contribution in [0.25, 0.3) is 0 Å². The van der Waals surface area contributed by atoms with Crippen LogP contribution in [0.4, 0.5) is 11.4 Å². The fourth-order valence-corrected chi connectivity index (χ4v) is 5.40. The van der Waals surface area contributed by atoms with E-state index in [1.807, 2.05) is 60.7 Å². The Labute approximate surface area is 285 Å². The minimum Gasteiger partial charge on any atom is -0.474 e. The summed E-state index contributed by atoms with van der Waals surface area (Å²) in [6.45, 7) is 0.508. The van der Waals surface area contributed by atoms with Crippen molar-refractivity contribution in [3.8, 4) is 0 Å². The van der Waals surface area contributed by atoms with Crippen LogP contribution in [-0.2, 0) is 47.5 Å². The zero-order valence-corrected chi connectivity index (χ0v) is 26.7. The number of carbonyl (C=O) groups excluding carboxylic acids is 6. The number of ether oxygens (including phenoxy) is 1. The highest BCUT2D eigenvalue weighted by Crippen LogP contribution is 2.53. The molecule has 10 nitrogen and oxygen atoms in total. The van der Waals surface area contributed by atoms with E-state index in [0.29, 0.717) is 63.5 Å². The van der Waals surface area contributed by atoms with E-state index in [9.17, 15) is 28.8 Å². The molecule has 3 aliphatic rings. The first-order valence-electron chi connectivity index (χ1n) is 14.4. The van der Waals surface area contributed by atoms with Crippen LogP contribution in [0.2, 0.25) is 10.0 Å². The predicted molar refractivity (Wildman–Crippen MR) is 180 cm³/mol. The molecule has 244 valence electrons. The van der Waals surface area contributed by atoms with Crippen molar-refractivity contribution in [1.82, 2.24) is 0 Å². The molecular weight excluding hydrogens is 659 g/mol. The van der Waals surface area contributed by atoms with E-state index in [1.165, 1.54) is 6.26 Å². The number of ketones is 1. The van der Waals surface area contributed by atoms with Crippen molar-refractivity contribution in [2.75, 3.05) is 10.2 Å². The Balaban J connectivity index is 0.000000173. The van der Waals surface area contributed by atoms with Gasteiger partial charge in [-0.15, -0.1) is 0 Å². The van der Waals surface area contributed by atoms with Crippen LogP contribution in [0.15, 0.2) is 109 Å². The maximum absolute atomic E-state index is 13.0. The second kappa shape index (κ2) is 16.4. The van der Waals surface area contributed by atoms with E-state index >= 15 is 0 Å². The largest absolute Gasteiger partial charge is 0.474 e. The van der Waals surface area contributed by atoms with Gasteiger partial charge >= 0.3 is 0 Å². The lowest BCUT2D eigenvalue weighted by molar-refractivity contribution is -0.140. The lowest BCUT2D eigenvalue weighted by atomic mass is 9.85. The van der Waals surface area contributed by atoms with Crippen molar-refractivity contribution in [3.05, 3.63) is 141 Å². The number of aliphatic hydroxyl groups excluding tert-OH is 1. The number of hydrogen-bond donors (Lipinski definition) is 2. The van der Waals surface area contributed by atoms with E-state index in [2.05, 4.69) is 5.32 Å². The van der Waals surface area contributed by atoms with E-state index in [1.54, 1.807) is 41.3 Å². The molecule has 0 saturated carbocycles. The molecule has 0 unspecified atom stereocenters. The Morgan fingerprint density at radius 2 is 1.38 bits per heavy atom. The summed E-state index contributed by atoms with van der Waals surface area (Å²) in [5, 5.41) is 11.8. The summed E-state index contributed by atoms with van der Waals surface area (Å²) in [5.41, 5.74) is 2.93. The molecule has 12 heteroatoms. The normalized spacial score (nSPS) is 16.1. The van der Waals surface area contributed by atoms with Gasteiger partial charge in [0.15, 0.2) is 6.29 Å². The number of nitrogens with one attached hydrogen (secondary N) is 1. The molecule has 1 spiro atoms.